The first-order valence-corrected chi connectivity index (χ1v) is 7.55. The van der Waals surface area contributed by atoms with Gasteiger partial charge in [0.25, 0.3) is 0 Å². The summed E-state index contributed by atoms with van der Waals surface area (Å²) in [6.45, 7) is -2.31. The van der Waals surface area contributed by atoms with Crippen LogP contribution in [0.25, 0.3) is 0 Å². The quantitative estimate of drug-likeness (QED) is 0.245. The summed E-state index contributed by atoms with van der Waals surface area (Å²) in [5, 5.41) is 34.4. The van der Waals surface area contributed by atoms with Crippen LogP contribution in [-0.4, -0.2) is 104 Å². The Labute approximate surface area is 181 Å². The van der Waals surface area contributed by atoms with Crippen molar-refractivity contribution in [2.45, 2.75) is 0 Å². The van der Waals surface area contributed by atoms with Crippen LogP contribution < -0.4 is 20.6 Å². The predicted octanol–water partition coefficient (Wildman–Crippen LogP) is -6.41. The number of carboxylic acids is 3. The smallest absolute Gasteiger partial charge is 0.549 e. The van der Waals surface area contributed by atoms with Crippen molar-refractivity contribution < 1.29 is 72.0 Å². The molecule has 13 heteroatoms. The van der Waals surface area contributed by atoms with Crippen LogP contribution in [0.4, 0.5) is 4.79 Å². The van der Waals surface area contributed by atoms with Crippen LogP contribution in [0.5, 0.6) is 0 Å². The fourth-order valence-corrected chi connectivity index (χ4v) is 2.07. The first-order chi connectivity index (χ1) is 12.2. The number of urea groups is 1. The number of carbonyl (C=O) groups excluding carboxylic acids is 5. The van der Waals surface area contributed by atoms with E-state index in [-0.39, 0.29) is 65.4 Å². The van der Waals surface area contributed by atoms with Gasteiger partial charge in [-0.15, -0.1) is 0 Å². The number of nitrogens with one attached hydrogen (secondary N) is 1. The molecule has 0 aromatic rings. The van der Waals surface area contributed by atoms with E-state index in [9.17, 15) is 39.3 Å². The maximum Gasteiger partial charge on any atom is 3.00 e. The van der Waals surface area contributed by atoms with Crippen LogP contribution in [0.3, 0.4) is 0 Å². The third-order valence-electron chi connectivity index (χ3n) is 3.23. The fraction of sp³-hybridized carbons (Fsp3) is 0.643. The van der Waals surface area contributed by atoms with Gasteiger partial charge in [0.2, 0.25) is 0 Å². The van der Waals surface area contributed by atoms with Crippen LogP contribution >= 0.6 is 0 Å². The zero-order valence-corrected chi connectivity index (χ0v) is 17.7. The van der Waals surface area contributed by atoms with Crippen molar-refractivity contribution in [3.63, 3.8) is 0 Å². The van der Waals surface area contributed by atoms with Gasteiger partial charge < -0.3 is 44.7 Å². The molecule has 0 fully saturated rings. The summed E-state index contributed by atoms with van der Waals surface area (Å²) in [6.07, 6.45) is 1.56. The molecule has 0 bridgehead atoms. The standard InChI is InChI=1S/C14H23N4O8.Y/c1-15-14(26)18(6-7-19)5-4-16(8-11(20)21)2-3-17(9-12(22)23)10-13(24)25;/h2-6,8-10H2,1H3,(H,15,26)(H,20,21)(H,22,23)(H,24,25);/q-1;+3/p-3. The molecular weight excluding hydrogens is 441 g/mol. The number of hydrogen-bond acceptors (Lipinski definition) is 10. The fourth-order valence-electron chi connectivity index (χ4n) is 2.07. The summed E-state index contributed by atoms with van der Waals surface area (Å²) >= 11 is 0. The van der Waals surface area contributed by atoms with Crippen LogP contribution in [-0.2, 0) is 51.9 Å². The molecule has 0 radical (unpaired) electrons. The molecule has 0 saturated carbocycles. The van der Waals surface area contributed by atoms with E-state index in [1.807, 2.05) is 0 Å². The van der Waals surface area contributed by atoms with Crippen molar-refractivity contribution >= 4 is 30.2 Å². The molecule has 1 N–H and O–H groups in total. The topological polar surface area (TPSA) is 176 Å². The van der Waals surface area contributed by atoms with E-state index in [0.717, 1.165) is 9.80 Å². The number of hydrogen-bond donors (Lipinski definition) is 1. The molecule has 0 saturated heterocycles. The predicted molar refractivity (Wildman–Crippen MR) is 79.6 cm³/mol. The third-order valence-corrected chi connectivity index (χ3v) is 3.23. The number of nitrogens with zero attached hydrogens (tertiary/aromatic N) is 3. The molecule has 0 aromatic carbocycles. The first kappa shape index (κ1) is 27.6. The van der Waals surface area contributed by atoms with Gasteiger partial charge in [-0.1, -0.05) is 6.54 Å². The van der Waals surface area contributed by atoms with Gasteiger partial charge in [0, 0.05) is 52.9 Å². The van der Waals surface area contributed by atoms with Crippen molar-refractivity contribution in [2.75, 3.05) is 59.4 Å². The van der Waals surface area contributed by atoms with Gasteiger partial charge in [-0.25, -0.2) is 11.1 Å². The Kier molecular flexibility index (Phi) is 15.8. The zero-order valence-electron chi connectivity index (χ0n) is 14.8. The summed E-state index contributed by atoms with van der Waals surface area (Å²) in [5.74, 6) is -4.40. The second-order valence-corrected chi connectivity index (χ2v) is 5.22. The second-order valence-electron chi connectivity index (χ2n) is 5.22. The summed E-state index contributed by atoms with van der Waals surface area (Å²) in [6, 6.07) is -0.558. The van der Waals surface area contributed by atoms with Crippen molar-refractivity contribution in [1.82, 2.24) is 20.0 Å². The number of carbonyl (C=O) groups is 4. The first-order valence-electron chi connectivity index (χ1n) is 7.55. The van der Waals surface area contributed by atoms with Crippen molar-refractivity contribution in [3.05, 3.63) is 0 Å². The summed E-state index contributed by atoms with van der Waals surface area (Å²) in [4.78, 5) is 57.6. The van der Waals surface area contributed by atoms with E-state index >= 15 is 0 Å². The van der Waals surface area contributed by atoms with Crippen molar-refractivity contribution in [2.24, 2.45) is 0 Å². The molecule has 0 aliphatic rings. The van der Waals surface area contributed by atoms with Crippen molar-refractivity contribution in [3.8, 4) is 0 Å². The monoisotopic (exact) mass is 461 g/mol. The molecule has 0 aliphatic heterocycles. The average Bonchev–Trinajstić information content (AvgIpc) is 2.53. The van der Waals surface area contributed by atoms with E-state index in [0.29, 0.717) is 0 Å². The molecular formula is C14H20N4O8Y-. The minimum atomic E-state index is -1.50. The molecule has 0 aromatic heterocycles. The van der Waals surface area contributed by atoms with E-state index in [4.69, 9.17) is 0 Å². The maximum absolute atomic E-state index is 11.6. The molecule has 2 amide bonds. The third kappa shape index (κ3) is 14.1. The number of amides is 2. The largest absolute Gasteiger partial charge is 3.00 e. The Morgan fingerprint density at radius 2 is 1.22 bits per heavy atom. The van der Waals surface area contributed by atoms with Gasteiger partial charge in [0.05, 0.1) is 17.9 Å². The van der Waals surface area contributed by atoms with Crippen LogP contribution in [0.2, 0.25) is 0 Å². The normalized spacial score (nSPS) is 10.2. The van der Waals surface area contributed by atoms with Gasteiger partial charge in [0.15, 0.2) is 0 Å². The van der Waals surface area contributed by atoms with Crippen molar-refractivity contribution in [1.29, 1.82) is 0 Å². The molecule has 27 heavy (non-hydrogen) atoms. The minimum Gasteiger partial charge on any atom is -0.549 e. The Bertz CT molecular complexity index is 503. The molecule has 148 valence electrons. The molecule has 0 heterocycles. The molecule has 0 rings (SSSR count). The second kappa shape index (κ2) is 15.4. The summed E-state index contributed by atoms with van der Waals surface area (Å²) in [7, 11) is 1.36. The number of aliphatic carboxylic acids is 3. The molecule has 0 spiro atoms. The molecule has 0 unspecified atom stereocenters. The molecule has 0 atom stereocenters. The zero-order chi connectivity index (χ0) is 20.1. The Balaban J connectivity index is 0. The van der Waals surface area contributed by atoms with Gasteiger partial charge in [-0.3, -0.25) is 9.80 Å². The van der Waals surface area contributed by atoms with Gasteiger partial charge in [-0.2, -0.15) is 0 Å². The minimum absolute atomic E-state index is 0. The van der Waals surface area contributed by atoms with E-state index < -0.39 is 43.6 Å². The van der Waals surface area contributed by atoms with E-state index in [1.54, 1.807) is 6.29 Å². The van der Waals surface area contributed by atoms with Crippen LogP contribution in [0.15, 0.2) is 0 Å². The van der Waals surface area contributed by atoms with Gasteiger partial charge in [0.1, 0.15) is 0 Å². The SMILES string of the molecule is CNC(=O)N(C[C-]=O)CCN(CCN(CC(=O)[O-])CC(=O)[O-])CC(=O)[O-].[Y+3]. The van der Waals surface area contributed by atoms with E-state index in [1.165, 1.54) is 11.9 Å². The molecule has 0 aliphatic carbocycles. The maximum atomic E-state index is 11.6. The van der Waals surface area contributed by atoms with E-state index in [2.05, 4.69) is 5.32 Å². The number of rotatable bonds is 14. The average molecular weight is 461 g/mol. The summed E-state index contributed by atoms with van der Waals surface area (Å²) in [5.41, 5.74) is 0. The van der Waals surface area contributed by atoms with Gasteiger partial charge >= 0.3 is 38.7 Å². The Morgan fingerprint density at radius 3 is 1.63 bits per heavy atom. The van der Waals surface area contributed by atoms with Crippen LogP contribution in [0, 0.1) is 0 Å². The number of carboxylic acid groups (broad SMARTS) is 3. The summed E-state index contributed by atoms with van der Waals surface area (Å²) < 4.78 is 0. The Hall–Kier alpha value is -1.63. The van der Waals surface area contributed by atoms with Gasteiger partial charge in [-0.05, 0) is 0 Å². The van der Waals surface area contributed by atoms with Crippen LogP contribution in [0.1, 0.15) is 0 Å². The molecule has 12 nitrogen and oxygen atoms in total. The Morgan fingerprint density at radius 1 is 0.815 bits per heavy atom.